The highest BCUT2D eigenvalue weighted by molar-refractivity contribution is 7.80. The molecule has 1 aliphatic heterocycles. The average Bonchev–Trinajstić information content (AvgIpc) is 3.39. The molecule has 1 fully saturated rings. The minimum absolute atomic E-state index is 0.0208. The van der Waals surface area contributed by atoms with Crippen LogP contribution in [0.1, 0.15) is 31.7 Å². The van der Waals surface area contributed by atoms with Crippen LogP contribution in [0, 0.1) is 0 Å². The Labute approximate surface area is 222 Å². The van der Waals surface area contributed by atoms with Crippen molar-refractivity contribution < 1.29 is 33.6 Å². The van der Waals surface area contributed by atoms with E-state index >= 15 is 0 Å². The first-order valence-electron chi connectivity index (χ1n) is 11.5. The lowest BCUT2D eigenvalue weighted by atomic mass is 9.96. The van der Waals surface area contributed by atoms with E-state index in [9.17, 15) is 24.4 Å². The number of aromatic amines is 1. The molecule has 1 saturated heterocycles. The Balaban J connectivity index is 1.37. The van der Waals surface area contributed by atoms with Gasteiger partial charge in [-0.25, -0.2) is 4.98 Å². The minimum Gasteiger partial charge on any atom is -0.456 e. The molecule has 7 unspecified atom stereocenters. The molecule has 7 atom stereocenters. The van der Waals surface area contributed by atoms with Crippen LogP contribution in [0.15, 0.2) is 41.5 Å². The predicted molar refractivity (Wildman–Crippen MR) is 138 cm³/mol. The quantitative estimate of drug-likeness (QED) is 0.113. The van der Waals surface area contributed by atoms with Gasteiger partial charge in [0.15, 0.2) is 23.4 Å². The molecule has 38 heavy (non-hydrogen) atoms. The Bertz CT molecular complexity index is 1370. The number of aliphatic hydroxyl groups is 2. The molecular weight excluding hydrogens is 539 g/mol. The Morgan fingerprint density at radius 1 is 1.42 bits per heavy atom. The molecule has 1 aromatic carbocycles. The highest BCUT2D eigenvalue weighted by Gasteiger charge is 2.54. The highest BCUT2D eigenvalue weighted by Crippen LogP contribution is 2.40. The number of nitrogens with zero attached hydrogens (tertiary/aromatic N) is 3. The standard InChI is InChI=1S/C22H27N6O8PS/c1-11(12-6-4-3-5-7-12)35-19(31)13(9-38)27-37(33)34-8-14-16(29)22(2,32)20(36-14)28-10-24-15-17(28)25-21(23)26-18(15)30/h3-7,10-11,13-14,16,20,29,32H,8-9H2,1-2H3,(H4-,23,25,26,27,30,33,38)/p+1. The number of H-pyrrole nitrogens is 1. The van der Waals surface area contributed by atoms with E-state index in [-0.39, 0.29) is 22.9 Å². The lowest BCUT2D eigenvalue weighted by molar-refractivity contribution is -0.150. The first-order valence-corrected chi connectivity index (χ1v) is 13.3. The first kappa shape index (κ1) is 28.1. The molecule has 0 bridgehead atoms. The molecule has 0 radical (unpaired) electrons. The summed E-state index contributed by atoms with van der Waals surface area (Å²) >= 11 is 4.13. The zero-order valence-corrected chi connectivity index (χ0v) is 22.2. The zero-order valence-electron chi connectivity index (χ0n) is 20.4. The average molecular weight is 568 g/mol. The molecule has 6 N–H and O–H groups in total. The predicted octanol–water partition coefficient (Wildman–Crippen LogP) is 0.578. The van der Waals surface area contributed by atoms with E-state index in [1.165, 1.54) is 17.8 Å². The summed E-state index contributed by atoms with van der Waals surface area (Å²) in [6, 6.07) is 8.08. The number of benzene rings is 1. The van der Waals surface area contributed by atoms with Gasteiger partial charge in [-0.1, -0.05) is 35.4 Å². The second kappa shape index (κ2) is 11.5. The van der Waals surface area contributed by atoms with Gasteiger partial charge in [-0.15, -0.1) is 4.52 Å². The monoisotopic (exact) mass is 567 g/mol. The van der Waals surface area contributed by atoms with E-state index in [1.54, 1.807) is 6.92 Å². The van der Waals surface area contributed by atoms with E-state index in [1.807, 2.05) is 30.3 Å². The van der Waals surface area contributed by atoms with Gasteiger partial charge in [0.2, 0.25) is 5.95 Å². The molecule has 0 spiro atoms. The van der Waals surface area contributed by atoms with E-state index in [0.29, 0.717) is 0 Å². The van der Waals surface area contributed by atoms with Gasteiger partial charge < -0.3 is 25.4 Å². The summed E-state index contributed by atoms with van der Waals surface area (Å²) in [6.45, 7) is 2.63. The topological polar surface area (TPSA) is 204 Å². The molecule has 3 aromatic rings. The zero-order chi connectivity index (χ0) is 27.6. The fraction of sp³-hybridized carbons (Fsp3) is 0.455. The Kier molecular flexibility index (Phi) is 8.47. The number of hydrogen-bond acceptors (Lipinski definition) is 12. The summed E-state index contributed by atoms with van der Waals surface area (Å²) < 4.78 is 30.4. The van der Waals surface area contributed by atoms with Crippen molar-refractivity contribution in [2.75, 3.05) is 18.1 Å². The summed E-state index contributed by atoms with van der Waals surface area (Å²) in [6.07, 6.45) is -3.15. The summed E-state index contributed by atoms with van der Waals surface area (Å²) in [5.41, 5.74) is 3.97. The van der Waals surface area contributed by atoms with Crippen LogP contribution in [0.25, 0.3) is 11.2 Å². The molecule has 4 rings (SSSR count). The number of rotatable bonds is 10. The largest absolute Gasteiger partial charge is 0.613 e. The van der Waals surface area contributed by atoms with Crippen LogP contribution >= 0.6 is 20.8 Å². The molecule has 16 heteroatoms. The van der Waals surface area contributed by atoms with E-state index < -0.39 is 62.5 Å². The molecule has 2 aromatic heterocycles. The summed E-state index contributed by atoms with van der Waals surface area (Å²) in [4.78, 5) is 35.0. The van der Waals surface area contributed by atoms with Crippen molar-refractivity contribution in [2.24, 2.45) is 0 Å². The number of carbonyl (C=O) groups is 1. The molecule has 0 aliphatic carbocycles. The molecule has 204 valence electrons. The van der Waals surface area contributed by atoms with Crippen molar-refractivity contribution in [2.45, 2.75) is 50.0 Å². The number of ether oxygens (including phenoxy) is 2. The number of nitrogens with two attached hydrogens (primary N) is 1. The first-order chi connectivity index (χ1) is 18.0. The van der Waals surface area contributed by atoms with Crippen molar-refractivity contribution in [3.63, 3.8) is 0 Å². The van der Waals surface area contributed by atoms with Gasteiger partial charge in [0.05, 0.1) is 6.33 Å². The maximum atomic E-state index is 12.6. The van der Waals surface area contributed by atoms with Crippen LogP contribution in [0.5, 0.6) is 0 Å². The lowest BCUT2D eigenvalue weighted by Crippen LogP contribution is -2.44. The van der Waals surface area contributed by atoms with Crippen LogP contribution in [0.2, 0.25) is 0 Å². The number of aromatic nitrogens is 4. The third-order valence-electron chi connectivity index (χ3n) is 6.10. The molecular formula is C22H28N6O8PS+. The van der Waals surface area contributed by atoms with E-state index in [0.717, 1.165) is 5.56 Å². The SMILES string of the molecule is CC(OC(=O)C(CS)N[P+](=O)OCC1OC(n2cnc3c(=O)[nH]c(N)nc32)C(C)(O)C1O)c1ccccc1. The molecule has 1 aliphatic rings. The number of anilines is 1. The fourth-order valence-electron chi connectivity index (χ4n) is 4.01. The second-order valence-electron chi connectivity index (χ2n) is 8.88. The van der Waals surface area contributed by atoms with Gasteiger partial charge in [-0.2, -0.15) is 17.6 Å². The third-order valence-corrected chi connectivity index (χ3v) is 7.38. The highest BCUT2D eigenvalue weighted by atomic mass is 32.1. The van der Waals surface area contributed by atoms with Crippen molar-refractivity contribution in [3.05, 3.63) is 52.6 Å². The van der Waals surface area contributed by atoms with Gasteiger partial charge in [-0.05, 0) is 24.0 Å². The molecule has 0 saturated carbocycles. The number of esters is 1. The third kappa shape index (κ3) is 5.73. The normalized spacial score (nSPS) is 25.3. The summed E-state index contributed by atoms with van der Waals surface area (Å²) in [7, 11) is -2.62. The Hall–Kier alpha value is -2.91. The van der Waals surface area contributed by atoms with E-state index in [2.05, 4.69) is 32.7 Å². The van der Waals surface area contributed by atoms with Crippen LogP contribution in [-0.2, 0) is 23.4 Å². The number of nitrogen functional groups attached to an aromatic ring is 1. The number of nitrogens with one attached hydrogen (secondary N) is 2. The summed E-state index contributed by atoms with van der Waals surface area (Å²) in [5.74, 6) is -0.856. The maximum absolute atomic E-state index is 12.6. The second-order valence-corrected chi connectivity index (χ2v) is 10.3. The van der Waals surface area contributed by atoms with Crippen molar-refractivity contribution in [1.29, 1.82) is 0 Å². The smallest absolute Gasteiger partial charge is 0.456 e. The van der Waals surface area contributed by atoms with Crippen LogP contribution < -0.4 is 16.4 Å². The Morgan fingerprint density at radius 2 is 2.13 bits per heavy atom. The fourth-order valence-corrected chi connectivity index (χ4v) is 5.21. The summed E-state index contributed by atoms with van der Waals surface area (Å²) in [5, 5.41) is 24.2. The number of carbonyl (C=O) groups excluding carboxylic acids is 1. The molecule has 0 amide bonds. The maximum Gasteiger partial charge on any atom is 0.613 e. The van der Waals surface area contributed by atoms with Crippen molar-refractivity contribution in [3.8, 4) is 0 Å². The van der Waals surface area contributed by atoms with Gasteiger partial charge in [0, 0.05) is 5.75 Å². The number of thiol groups is 1. The number of fused-ring (bicyclic) bond motifs is 1. The van der Waals surface area contributed by atoms with Crippen molar-refractivity contribution >= 4 is 43.9 Å². The van der Waals surface area contributed by atoms with Crippen LogP contribution in [0.3, 0.4) is 0 Å². The minimum atomic E-state index is -2.62. The van der Waals surface area contributed by atoms with Crippen LogP contribution in [0.4, 0.5) is 5.95 Å². The van der Waals surface area contributed by atoms with Gasteiger partial charge in [0.1, 0.15) is 30.5 Å². The van der Waals surface area contributed by atoms with Gasteiger partial charge in [-0.3, -0.25) is 19.1 Å². The number of hydrogen-bond donors (Lipinski definition) is 6. The van der Waals surface area contributed by atoms with Crippen LogP contribution in [-0.4, -0.2) is 71.9 Å². The lowest BCUT2D eigenvalue weighted by Gasteiger charge is -2.27. The van der Waals surface area contributed by atoms with Gasteiger partial charge in [0.25, 0.3) is 5.56 Å². The van der Waals surface area contributed by atoms with Crippen molar-refractivity contribution in [1.82, 2.24) is 24.6 Å². The molecule has 14 nitrogen and oxygen atoms in total. The van der Waals surface area contributed by atoms with Gasteiger partial charge >= 0.3 is 14.1 Å². The number of aliphatic hydroxyl groups excluding tert-OH is 1. The molecule has 3 heterocycles. The van der Waals surface area contributed by atoms with E-state index in [4.69, 9.17) is 19.7 Å². The Morgan fingerprint density at radius 3 is 2.82 bits per heavy atom. The number of imidazole rings is 1.